The standard InChI is InChI=1S/C25H31ClO4/c1-2-3-4-5-6-7-8-9-12-18-29-24(27)22-16-10-11-17-23(22)25(28)30-21-15-13-14-20(26)19-21/h10-11,13-17,19H,2-9,12,18H2,1H3. The van der Waals surface area contributed by atoms with E-state index in [4.69, 9.17) is 21.1 Å². The quantitative estimate of drug-likeness (QED) is 0.191. The smallest absolute Gasteiger partial charge is 0.344 e. The predicted molar refractivity (Wildman–Crippen MR) is 120 cm³/mol. The molecule has 0 N–H and O–H groups in total. The molecule has 0 aliphatic rings. The van der Waals surface area contributed by atoms with Crippen LogP contribution in [0.1, 0.15) is 85.4 Å². The van der Waals surface area contributed by atoms with Crippen LogP contribution in [0.15, 0.2) is 48.5 Å². The monoisotopic (exact) mass is 430 g/mol. The van der Waals surface area contributed by atoms with E-state index in [1.165, 1.54) is 38.5 Å². The molecule has 2 rings (SSSR count). The van der Waals surface area contributed by atoms with Crippen molar-refractivity contribution in [3.8, 4) is 5.75 Å². The van der Waals surface area contributed by atoms with Gasteiger partial charge in [0.2, 0.25) is 0 Å². The van der Waals surface area contributed by atoms with E-state index < -0.39 is 11.9 Å². The van der Waals surface area contributed by atoms with E-state index >= 15 is 0 Å². The van der Waals surface area contributed by atoms with Gasteiger partial charge < -0.3 is 9.47 Å². The van der Waals surface area contributed by atoms with E-state index in [9.17, 15) is 9.59 Å². The van der Waals surface area contributed by atoms with Crippen LogP contribution >= 0.6 is 11.6 Å². The molecule has 0 aliphatic carbocycles. The lowest BCUT2D eigenvalue weighted by Crippen LogP contribution is -2.16. The Kier molecular flexibility index (Phi) is 11.0. The first kappa shape index (κ1) is 23.9. The number of benzene rings is 2. The van der Waals surface area contributed by atoms with Crippen LogP contribution < -0.4 is 4.74 Å². The summed E-state index contributed by atoms with van der Waals surface area (Å²) >= 11 is 5.92. The lowest BCUT2D eigenvalue weighted by molar-refractivity contribution is 0.0489. The van der Waals surface area contributed by atoms with Crippen molar-refractivity contribution in [1.82, 2.24) is 0 Å². The summed E-state index contributed by atoms with van der Waals surface area (Å²) in [5.74, 6) is -0.800. The maximum atomic E-state index is 12.5. The SMILES string of the molecule is CCCCCCCCCCCOC(=O)c1ccccc1C(=O)Oc1cccc(Cl)c1. The summed E-state index contributed by atoms with van der Waals surface area (Å²) in [6.07, 6.45) is 10.8. The van der Waals surface area contributed by atoms with Crippen LogP contribution in [0.3, 0.4) is 0 Å². The van der Waals surface area contributed by atoms with Crippen LogP contribution in [0.4, 0.5) is 0 Å². The summed E-state index contributed by atoms with van der Waals surface area (Å²) in [6, 6.07) is 13.1. The molecule has 4 nitrogen and oxygen atoms in total. The van der Waals surface area contributed by atoms with Crippen molar-refractivity contribution in [2.24, 2.45) is 0 Å². The van der Waals surface area contributed by atoms with Crippen molar-refractivity contribution < 1.29 is 19.1 Å². The van der Waals surface area contributed by atoms with Gasteiger partial charge in [0.05, 0.1) is 17.7 Å². The van der Waals surface area contributed by atoms with Crippen LogP contribution in [0.5, 0.6) is 5.75 Å². The zero-order valence-corrected chi connectivity index (χ0v) is 18.5. The van der Waals surface area contributed by atoms with Crippen molar-refractivity contribution in [1.29, 1.82) is 0 Å². The Labute approximate surface area is 184 Å². The van der Waals surface area contributed by atoms with Gasteiger partial charge in [-0.2, -0.15) is 0 Å². The molecule has 0 saturated heterocycles. The van der Waals surface area contributed by atoms with Gasteiger partial charge in [0.15, 0.2) is 0 Å². The number of hydrogen-bond acceptors (Lipinski definition) is 4. The summed E-state index contributed by atoms with van der Waals surface area (Å²) in [7, 11) is 0. The third-order valence-corrected chi connectivity index (χ3v) is 5.09. The molecule has 0 heterocycles. The second-order valence-electron chi connectivity index (χ2n) is 7.36. The molecule has 5 heteroatoms. The lowest BCUT2D eigenvalue weighted by atomic mass is 10.1. The number of unbranched alkanes of at least 4 members (excludes halogenated alkanes) is 8. The van der Waals surface area contributed by atoms with Crippen LogP contribution in [-0.4, -0.2) is 18.5 Å². The van der Waals surface area contributed by atoms with Gasteiger partial charge in [-0.25, -0.2) is 9.59 Å². The first-order chi connectivity index (χ1) is 14.6. The van der Waals surface area contributed by atoms with Crippen molar-refractivity contribution >= 4 is 23.5 Å². The summed E-state index contributed by atoms with van der Waals surface area (Å²) in [4.78, 5) is 25.0. The molecule has 0 saturated carbocycles. The number of ether oxygens (including phenoxy) is 2. The van der Waals surface area contributed by atoms with Crippen LogP contribution in [0.2, 0.25) is 5.02 Å². The minimum Gasteiger partial charge on any atom is -0.462 e. The molecule has 0 radical (unpaired) electrons. The fraction of sp³-hybridized carbons (Fsp3) is 0.440. The second-order valence-corrected chi connectivity index (χ2v) is 7.79. The van der Waals surface area contributed by atoms with Crippen molar-refractivity contribution in [2.45, 2.75) is 64.7 Å². The highest BCUT2D eigenvalue weighted by molar-refractivity contribution is 6.30. The van der Waals surface area contributed by atoms with Gasteiger partial charge in [0.1, 0.15) is 5.75 Å². The highest BCUT2D eigenvalue weighted by Crippen LogP contribution is 2.20. The Morgan fingerprint density at radius 1 is 0.767 bits per heavy atom. The van der Waals surface area contributed by atoms with E-state index in [1.807, 2.05) is 0 Å². The predicted octanol–water partition coefficient (Wildman–Crippen LogP) is 7.25. The average molecular weight is 431 g/mol. The fourth-order valence-electron chi connectivity index (χ4n) is 3.19. The van der Waals surface area contributed by atoms with Gasteiger partial charge in [0, 0.05) is 5.02 Å². The summed E-state index contributed by atoms with van der Waals surface area (Å²) in [5.41, 5.74) is 0.384. The Hall–Kier alpha value is -2.33. The third kappa shape index (κ3) is 8.58. The number of carbonyl (C=O) groups is 2. The zero-order chi connectivity index (χ0) is 21.6. The van der Waals surface area contributed by atoms with Crippen molar-refractivity contribution in [3.05, 3.63) is 64.7 Å². The molecule has 2 aromatic carbocycles. The summed E-state index contributed by atoms with van der Waals surface area (Å²) < 4.78 is 10.7. The van der Waals surface area contributed by atoms with Crippen molar-refractivity contribution in [2.75, 3.05) is 6.61 Å². The number of rotatable bonds is 13. The molecule has 2 aromatic rings. The third-order valence-electron chi connectivity index (χ3n) is 4.85. The Morgan fingerprint density at radius 3 is 2.00 bits per heavy atom. The van der Waals surface area contributed by atoms with E-state index in [-0.39, 0.29) is 11.1 Å². The van der Waals surface area contributed by atoms with Crippen molar-refractivity contribution in [3.63, 3.8) is 0 Å². The molecular weight excluding hydrogens is 400 g/mol. The van der Waals surface area contributed by atoms with Gasteiger partial charge in [0.25, 0.3) is 0 Å². The first-order valence-electron chi connectivity index (χ1n) is 10.9. The van der Waals surface area contributed by atoms with Gasteiger partial charge in [-0.3, -0.25) is 0 Å². The minimum absolute atomic E-state index is 0.176. The van der Waals surface area contributed by atoms with E-state index in [0.29, 0.717) is 17.4 Å². The van der Waals surface area contributed by atoms with Crippen LogP contribution in [0, 0.1) is 0 Å². The molecule has 0 fully saturated rings. The fourth-order valence-corrected chi connectivity index (χ4v) is 3.37. The maximum absolute atomic E-state index is 12.5. The van der Waals surface area contributed by atoms with E-state index in [2.05, 4.69) is 6.92 Å². The number of halogens is 1. The first-order valence-corrected chi connectivity index (χ1v) is 11.2. The largest absolute Gasteiger partial charge is 0.462 e. The highest BCUT2D eigenvalue weighted by atomic mass is 35.5. The lowest BCUT2D eigenvalue weighted by Gasteiger charge is -2.10. The van der Waals surface area contributed by atoms with E-state index in [0.717, 1.165) is 19.3 Å². The second kappa shape index (κ2) is 13.8. The molecule has 0 atom stereocenters. The molecule has 0 aromatic heterocycles. The Morgan fingerprint density at radius 2 is 1.37 bits per heavy atom. The highest BCUT2D eigenvalue weighted by Gasteiger charge is 2.19. The number of carbonyl (C=O) groups excluding carboxylic acids is 2. The molecule has 0 bridgehead atoms. The van der Waals surface area contributed by atoms with Gasteiger partial charge in [-0.1, -0.05) is 88.1 Å². The van der Waals surface area contributed by atoms with Gasteiger partial charge >= 0.3 is 11.9 Å². The zero-order valence-electron chi connectivity index (χ0n) is 17.7. The molecule has 162 valence electrons. The molecule has 0 amide bonds. The normalized spacial score (nSPS) is 10.6. The molecule has 0 unspecified atom stereocenters. The Bertz CT molecular complexity index is 803. The molecular formula is C25H31ClO4. The molecule has 30 heavy (non-hydrogen) atoms. The van der Waals surface area contributed by atoms with Crippen LogP contribution in [0.25, 0.3) is 0 Å². The maximum Gasteiger partial charge on any atom is 0.344 e. The summed E-state index contributed by atoms with van der Waals surface area (Å²) in [5, 5.41) is 0.467. The number of hydrogen-bond donors (Lipinski definition) is 0. The number of esters is 2. The minimum atomic E-state index is -0.618. The molecule has 0 spiro atoms. The summed E-state index contributed by atoms with van der Waals surface area (Å²) in [6.45, 7) is 2.58. The van der Waals surface area contributed by atoms with E-state index in [1.54, 1.807) is 48.5 Å². The van der Waals surface area contributed by atoms with Crippen LogP contribution in [-0.2, 0) is 4.74 Å². The van der Waals surface area contributed by atoms with Gasteiger partial charge in [-0.15, -0.1) is 0 Å². The Balaban J connectivity index is 1.76. The average Bonchev–Trinajstić information content (AvgIpc) is 2.75. The molecule has 0 aliphatic heterocycles. The van der Waals surface area contributed by atoms with Gasteiger partial charge in [-0.05, 0) is 36.8 Å². The topological polar surface area (TPSA) is 52.6 Å².